The minimum atomic E-state index is -0.0182. The predicted molar refractivity (Wildman–Crippen MR) is 67.7 cm³/mol. The number of nitrogens with one attached hydrogen (secondary N) is 2. The van der Waals surface area contributed by atoms with Gasteiger partial charge < -0.3 is 10.6 Å². The maximum atomic E-state index is 11.5. The molecule has 0 aromatic carbocycles. The third-order valence-corrected chi connectivity index (χ3v) is 2.22. The zero-order valence-electron chi connectivity index (χ0n) is 10.7. The number of aromatic nitrogens is 2. The van der Waals surface area contributed by atoms with Crippen molar-refractivity contribution in [2.75, 3.05) is 18.4 Å². The van der Waals surface area contributed by atoms with Gasteiger partial charge in [0.2, 0.25) is 5.91 Å². The van der Waals surface area contributed by atoms with Gasteiger partial charge in [-0.25, -0.2) is 9.97 Å². The van der Waals surface area contributed by atoms with Gasteiger partial charge in [0.1, 0.15) is 12.1 Å². The molecule has 5 heteroatoms. The fourth-order valence-electron chi connectivity index (χ4n) is 1.24. The summed E-state index contributed by atoms with van der Waals surface area (Å²) in [5, 5.41) is 5.82. The highest BCUT2D eigenvalue weighted by Crippen LogP contribution is 2.03. The molecule has 0 spiro atoms. The maximum Gasteiger partial charge on any atom is 0.239 e. The number of anilines is 1. The Morgan fingerprint density at radius 2 is 2.18 bits per heavy atom. The van der Waals surface area contributed by atoms with E-state index in [9.17, 15) is 4.79 Å². The summed E-state index contributed by atoms with van der Waals surface area (Å²) in [7, 11) is 0. The van der Waals surface area contributed by atoms with Crippen LogP contribution in [0.4, 0.5) is 5.82 Å². The van der Waals surface area contributed by atoms with Crippen LogP contribution in [0.5, 0.6) is 0 Å². The zero-order valence-corrected chi connectivity index (χ0v) is 10.7. The highest BCUT2D eigenvalue weighted by atomic mass is 16.1. The highest BCUT2D eigenvalue weighted by Gasteiger charge is 2.03. The van der Waals surface area contributed by atoms with Crippen LogP contribution in [0.15, 0.2) is 12.4 Å². The van der Waals surface area contributed by atoms with Crippen LogP contribution in [-0.4, -0.2) is 29.0 Å². The Kier molecular flexibility index (Phi) is 5.39. The lowest BCUT2D eigenvalue weighted by atomic mass is 10.2. The van der Waals surface area contributed by atoms with Crippen LogP contribution in [0.3, 0.4) is 0 Å². The van der Waals surface area contributed by atoms with E-state index in [1.807, 2.05) is 13.0 Å². The van der Waals surface area contributed by atoms with Crippen LogP contribution in [0.25, 0.3) is 0 Å². The molecule has 1 aromatic rings. The van der Waals surface area contributed by atoms with Crippen molar-refractivity contribution in [3.05, 3.63) is 18.1 Å². The van der Waals surface area contributed by atoms with Crippen LogP contribution in [0.2, 0.25) is 0 Å². The summed E-state index contributed by atoms with van der Waals surface area (Å²) < 4.78 is 0. The summed E-state index contributed by atoms with van der Waals surface area (Å²) in [6, 6.07) is 1.86. The normalized spacial score (nSPS) is 10.4. The van der Waals surface area contributed by atoms with Crippen molar-refractivity contribution in [1.29, 1.82) is 0 Å². The molecule has 2 N–H and O–H groups in total. The smallest absolute Gasteiger partial charge is 0.239 e. The first-order valence-corrected chi connectivity index (χ1v) is 5.93. The van der Waals surface area contributed by atoms with Crippen molar-refractivity contribution < 1.29 is 4.79 Å². The van der Waals surface area contributed by atoms with Crippen molar-refractivity contribution in [3.63, 3.8) is 0 Å². The zero-order chi connectivity index (χ0) is 12.7. The van der Waals surface area contributed by atoms with Gasteiger partial charge in [0.25, 0.3) is 0 Å². The summed E-state index contributed by atoms with van der Waals surface area (Å²) >= 11 is 0. The topological polar surface area (TPSA) is 66.9 Å². The van der Waals surface area contributed by atoms with Gasteiger partial charge in [-0.15, -0.1) is 0 Å². The molecular weight excluding hydrogens is 216 g/mol. The molecule has 0 aliphatic carbocycles. The van der Waals surface area contributed by atoms with Gasteiger partial charge in [0.15, 0.2) is 0 Å². The first-order chi connectivity index (χ1) is 8.11. The highest BCUT2D eigenvalue weighted by molar-refractivity contribution is 5.80. The Morgan fingerprint density at radius 1 is 1.41 bits per heavy atom. The molecule has 0 aliphatic rings. The molecular formula is C12H20N4O. The van der Waals surface area contributed by atoms with Crippen molar-refractivity contribution >= 4 is 11.7 Å². The average Bonchev–Trinajstić information content (AvgIpc) is 2.34. The maximum absolute atomic E-state index is 11.5. The standard InChI is InChI=1S/C12H20N4O/c1-4-10-5-11(16-8-15-10)13-7-12(17)14-6-9(2)3/h5,8-9H,4,6-7H2,1-3H3,(H,14,17)(H,13,15,16). The van der Waals surface area contributed by atoms with Gasteiger partial charge in [-0.3, -0.25) is 4.79 Å². The van der Waals surface area contributed by atoms with Gasteiger partial charge >= 0.3 is 0 Å². The molecule has 1 rings (SSSR count). The molecule has 0 saturated heterocycles. The first-order valence-electron chi connectivity index (χ1n) is 5.93. The number of aryl methyl sites for hydroxylation is 1. The van der Waals surface area contributed by atoms with Crippen LogP contribution >= 0.6 is 0 Å². The summed E-state index contributed by atoms with van der Waals surface area (Å²) in [6.07, 6.45) is 2.37. The summed E-state index contributed by atoms with van der Waals surface area (Å²) in [4.78, 5) is 19.6. The molecule has 0 aliphatic heterocycles. The second-order valence-electron chi connectivity index (χ2n) is 4.30. The molecule has 5 nitrogen and oxygen atoms in total. The van der Waals surface area contributed by atoms with Gasteiger partial charge in [-0.05, 0) is 12.3 Å². The number of carbonyl (C=O) groups excluding carboxylic acids is 1. The van der Waals surface area contributed by atoms with Crippen molar-refractivity contribution in [2.24, 2.45) is 5.92 Å². The molecule has 1 heterocycles. The lowest BCUT2D eigenvalue weighted by Crippen LogP contribution is -2.32. The van der Waals surface area contributed by atoms with E-state index in [4.69, 9.17) is 0 Å². The third kappa shape index (κ3) is 5.29. The number of hydrogen-bond acceptors (Lipinski definition) is 4. The van der Waals surface area contributed by atoms with Crippen molar-refractivity contribution in [2.45, 2.75) is 27.2 Å². The fraction of sp³-hybridized carbons (Fsp3) is 0.583. The molecule has 0 fully saturated rings. The molecule has 0 atom stereocenters. The molecule has 94 valence electrons. The number of nitrogens with zero attached hydrogens (tertiary/aromatic N) is 2. The number of hydrogen-bond donors (Lipinski definition) is 2. The Labute approximate surface area is 102 Å². The monoisotopic (exact) mass is 236 g/mol. The summed E-state index contributed by atoms with van der Waals surface area (Å²) in [5.41, 5.74) is 0.963. The Hall–Kier alpha value is -1.65. The molecule has 1 aromatic heterocycles. The van der Waals surface area contributed by atoms with Gasteiger partial charge in [0.05, 0.1) is 6.54 Å². The Morgan fingerprint density at radius 3 is 2.82 bits per heavy atom. The second-order valence-corrected chi connectivity index (χ2v) is 4.30. The Balaban J connectivity index is 2.36. The number of carbonyl (C=O) groups is 1. The fourth-order valence-corrected chi connectivity index (χ4v) is 1.24. The van der Waals surface area contributed by atoms with Gasteiger partial charge in [0, 0.05) is 18.3 Å². The number of amides is 1. The van der Waals surface area contributed by atoms with E-state index in [2.05, 4.69) is 34.4 Å². The average molecular weight is 236 g/mol. The predicted octanol–water partition coefficient (Wildman–Crippen LogP) is 1.22. The van der Waals surface area contributed by atoms with Crippen LogP contribution in [-0.2, 0) is 11.2 Å². The minimum absolute atomic E-state index is 0.0182. The van der Waals surface area contributed by atoms with Crippen LogP contribution in [0.1, 0.15) is 26.5 Å². The molecule has 0 unspecified atom stereocenters. The first kappa shape index (κ1) is 13.4. The van der Waals surface area contributed by atoms with E-state index in [0.29, 0.717) is 18.3 Å². The van der Waals surface area contributed by atoms with Gasteiger partial charge in [-0.1, -0.05) is 20.8 Å². The molecule has 0 radical (unpaired) electrons. The van der Waals surface area contributed by atoms with E-state index in [1.165, 1.54) is 6.33 Å². The Bertz CT molecular complexity index is 365. The van der Waals surface area contributed by atoms with E-state index in [0.717, 1.165) is 12.1 Å². The molecule has 17 heavy (non-hydrogen) atoms. The SMILES string of the molecule is CCc1cc(NCC(=O)NCC(C)C)ncn1. The molecule has 0 bridgehead atoms. The van der Waals surface area contributed by atoms with E-state index < -0.39 is 0 Å². The lowest BCUT2D eigenvalue weighted by Gasteiger charge is -2.09. The van der Waals surface area contributed by atoms with Crippen LogP contribution < -0.4 is 10.6 Å². The van der Waals surface area contributed by atoms with E-state index in [-0.39, 0.29) is 12.5 Å². The van der Waals surface area contributed by atoms with Crippen LogP contribution in [0, 0.1) is 5.92 Å². The lowest BCUT2D eigenvalue weighted by molar-refractivity contribution is -0.119. The van der Waals surface area contributed by atoms with Crippen molar-refractivity contribution in [3.8, 4) is 0 Å². The van der Waals surface area contributed by atoms with Gasteiger partial charge in [-0.2, -0.15) is 0 Å². The number of rotatable bonds is 6. The largest absolute Gasteiger partial charge is 0.361 e. The summed E-state index contributed by atoms with van der Waals surface area (Å²) in [6.45, 7) is 7.09. The third-order valence-electron chi connectivity index (χ3n) is 2.22. The second kappa shape index (κ2) is 6.83. The summed E-state index contributed by atoms with van der Waals surface area (Å²) in [5.74, 6) is 1.14. The molecule has 0 saturated carbocycles. The van der Waals surface area contributed by atoms with Crippen molar-refractivity contribution in [1.82, 2.24) is 15.3 Å². The minimum Gasteiger partial charge on any atom is -0.361 e. The van der Waals surface area contributed by atoms with E-state index >= 15 is 0 Å². The quantitative estimate of drug-likeness (QED) is 0.779. The molecule has 1 amide bonds. The van der Waals surface area contributed by atoms with E-state index in [1.54, 1.807) is 0 Å².